The van der Waals surface area contributed by atoms with Crippen molar-refractivity contribution in [2.24, 2.45) is 0 Å². The molecule has 0 atom stereocenters. The van der Waals surface area contributed by atoms with Gasteiger partial charge in [0.2, 0.25) is 5.78 Å². The Hall–Kier alpha value is -1.62. The van der Waals surface area contributed by atoms with Gasteiger partial charge in [0.05, 0.1) is 4.92 Å². The first kappa shape index (κ1) is 12.4. The molecule has 16 heavy (non-hydrogen) atoms. The number of carbonyl (C=O) groups excluding carboxylic acids is 1. The third kappa shape index (κ3) is 3.20. The van der Waals surface area contributed by atoms with Crippen LogP contribution >= 0.6 is 11.8 Å². The van der Waals surface area contributed by atoms with Gasteiger partial charge in [-0.2, -0.15) is 0 Å². The van der Waals surface area contributed by atoms with Crippen molar-refractivity contribution in [3.63, 3.8) is 0 Å². The Morgan fingerprint density at radius 1 is 1.38 bits per heavy atom. The first-order valence-corrected chi connectivity index (χ1v) is 5.78. The van der Waals surface area contributed by atoms with Gasteiger partial charge in [0.25, 0.3) is 0 Å². The summed E-state index contributed by atoms with van der Waals surface area (Å²) in [6.45, 7) is 1.19. The van der Waals surface area contributed by atoms with Crippen LogP contribution in [0, 0.1) is 10.1 Å². The number of benzene rings is 1. The topological polar surface area (TPSA) is 60.2 Å². The maximum absolute atomic E-state index is 11.0. The van der Waals surface area contributed by atoms with E-state index in [0.717, 1.165) is 4.90 Å². The molecule has 0 heterocycles. The van der Waals surface area contributed by atoms with Gasteiger partial charge < -0.3 is 0 Å². The summed E-state index contributed by atoms with van der Waals surface area (Å²) in [5.41, 5.74) is 0.261. The molecule has 0 aliphatic rings. The van der Waals surface area contributed by atoms with Crippen molar-refractivity contribution < 1.29 is 9.72 Å². The molecule has 1 rings (SSSR count). The molecule has 0 amide bonds. The fourth-order valence-electron chi connectivity index (χ4n) is 1.14. The van der Waals surface area contributed by atoms with E-state index >= 15 is 0 Å². The molecular formula is C11H11NO3S. The van der Waals surface area contributed by atoms with E-state index in [2.05, 4.69) is 0 Å². The molecule has 0 aliphatic heterocycles. The van der Waals surface area contributed by atoms with E-state index in [0.29, 0.717) is 5.56 Å². The summed E-state index contributed by atoms with van der Waals surface area (Å²) in [6, 6.07) is 7.21. The quantitative estimate of drug-likeness (QED) is 0.349. The van der Waals surface area contributed by atoms with Crippen molar-refractivity contribution in [3.05, 3.63) is 45.6 Å². The highest BCUT2D eigenvalue weighted by Crippen LogP contribution is 2.16. The Morgan fingerprint density at radius 3 is 2.31 bits per heavy atom. The van der Waals surface area contributed by atoms with Crippen molar-refractivity contribution in [1.82, 2.24) is 0 Å². The molecule has 0 N–H and O–H groups in total. The van der Waals surface area contributed by atoms with E-state index in [1.54, 1.807) is 23.9 Å². The van der Waals surface area contributed by atoms with Gasteiger partial charge in [0.1, 0.15) is 0 Å². The van der Waals surface area contributed by atoms with Crippen LogP contribution in [0.25, 0.3) is 6.08 Å². The monoisotopic (exact) mass is 237 g/mol. The number of thioether (sulfide) groups is 1. The van der Waals surface area contributed by atoms with E-state index in [1.807, 2.05) is 18.4 Å². The Kier molecular flexibility index (Phi) is 4.25. The summed E-state index contributed by atoms with van der Waals surface area (Å²) in [4.78, 5) is 22.0. The molecule has 0 aliphatic carbocycles. The summed E-state index contributed by atoms with van der Waals surface area (Å²) in [5, 5.41) is 10.6. The Morgan fingerprint density at radius 2 is 1.94 bits per heavy atom. The van der Waals surface area contributed by atoms with Crippen LogP contribution in [0.15, 0.2) is 34.9 Å². The lowest BCUT2D eigenvalue weighted by Crippen LogP contribution is -2.07. The molecule has 4 nitrogen and oxygen atoms in total. The maximum atomic E-state index is 11.0. The number of Topliss-reactive ketones (excluding diaryl/α,β-unsaturated/α-hetero) is 1. The second-order valence-electron chi connectivity index (χ2n) is 3.12. The molecule has 84 valence electrons. The number of ketones is 1. The van der Waals surface area contributed by atoms with Crippen molar-refractivity contribution >= 4 is 23.6 Å². The standard InChI is InChI=1S/C11H11NO3S/c1-8(13)11(12(14)15)7-9-3-5-10(16-2)6-4-9/h3-7H,1-2H3. The number of nitrogens with zero attached hydrogens (tertiary/aromatic N) is 1. The minimum atomic E-state index is -0.662. The fourth-order valence-corrected chi connectivity index (χ4v) is 1.55. The largest absolute Gasteiger partial charge is 0.312 e. The van der Waals surface area contributed by atoms with Crippen LogP contribution in [0.3, 0.4) is 0 Å². The van der Waals surface area contributed by atoms with Gasteiger partial charge in [-0.1, -0.05) is 12.1 Å². The summed E-state index contributed by atoms with van der Waals surface area (Å²) >= 11 is 1.59. The van der Waals surface area contributed by atoms with Gasteiger partial charge >= 0.3 is 5.70 Å². The van der Waals surface area contributed by atoms with Crippen LogP contribution in [-0.2, 0) is 4.79 Å². The van der Waals surface area contributed by atoms with E-state index in [1.165, 1.54) is 13.0 Å². The number of rotatable bonds is 4. The molecule has 1 aromatic carbocycles. The summed E-state index contributed by atoms with van der Waals surface area (Å²) in [6.07, 6.45) is 3.23. The normalized spacial score (nSPS) is 11.2. The minimum absolute atomic E-state index is 0.392. The van der Waals surface area contributed by atoms with Crippen molar-refractivity contribution in [1.29, 1.82) is 0 Å². The Balaban J connectivity index is 3.04. The van der Waals surface area contributed by atoms with Gasteiger partial charge in [-0.25, -0.2) is 0 Å². The summed E-state index contributed by atoms with van der Waals surface area (Å²) < 4.78 is 0. The zero-order chi connectivity index (χ0) is 12.1. The van der Waals surface area contributed by atoms with E-state index in [4.69, 9.17) is 0 Å². The zero-order valence-electron chi connectivity index (χ0n) is 8.97. The molecule has 0 saturated heterocycles. The van der Waals surface area contributed by atoms with Crippen LogP contribution in [0.5, 0.6) is 0 Å². The minimum Gasteiger partial charge on any atom is -0.288 e. The van der Waals surface area contributed by atoms with Crippen molar-refractivity contribution in [3.8, 4) is 0 Å². The first-order valence-electron chi connectivity index (χ1n) is 4.55. The lowest BCUT2D eigenvalue weighted by molar-refractivity contribution is -0.417. The molecule has 0 aromatic heterocycles. The molecule has 0 saturated carbocycles. The molecular weight excluding hydrogens is 226 g/mol. The SMILES string of the molecule is CSc1ccc(C=C(C(C)=O)[N+](=O)[O-])cc1. The lowest BCUT2D eigenvalue weighted by atomic mass is 10.1. The van der Waals surface area contributed by atoms with Crippen LogP contribution in [-0.4, -0.2) is 17.0 Å². The number of allylic oxidation sites excluding steroid dienone is 1. The molecule has 0 spiro atoms. The van der Waals surface area contributed by atoms with Gasteiger partial charge in [0.15, 0.2) is 0 Å². The van der Waals surface area contributed by atoms with E-state index in [-0.39, 0.29) is 0 Å². The zero-order valence-corrected chi connectivity index (χ0v) is 9.78. The van der Waals surface area contributed by atoms with Gasteiger partial charge in [-0.3, -0.25) is 14.9 Å². The van der Waals surface area contributed by atoms with E-state index in [9.17, 15) is 14.9 Å². The highest BCUT2D eigenvalue weighted by molar-refractivity contribution is 7.98. The maximum Gasteiger partial charge on any atom is 0.312 e. The highest BCUT2D eigenvalue weighted by Gasteiger charge is 2.16. The van der Waals surface area contributed by atoms with E-state index < -0.39 is 16.4 Å². The second-order valence-corrected chi connectivity index (χ2v) is 4.00. The molecule has 5 heteroatoms. The molecule has 0 fully saturated rings. The van der Waals surface area contributed by atoms with Gasteiger partial charge in [0, 0.05) is 17.9 Å². The first-order chi connectivity index (χ1) is 7.54. The third-order valence-electron chi connectivity index (χ3n) is 1.98. The van der Waals surface area contributed by atoms with Crippen molar-refractivity contribution in [2.45, 2.75) is 11.8 Å². The number of hydrogen-bond acceptors (Lipinski definition) is 4. The Labute approximate surface area is 97.5 Å². The average molecular weight is 237 g/mol. The predicted octanol–water partition coefficient (Wildman–Crippen LogP) is 2.62. The smallest absolute Gasteiger partial charge is 0.288 e. The van der Waals surface area contributed by atoms with Gasteiger partial charge in [-0.15, -0.1) is 11.8 Å². The molecule has 0 bridgehead atoms. The molecule has 1 aromatic rings. The van der Waals surface area contributed by atoms with Crippen molar-refractivity contribution in [2.75, 3.05) is 6.26 Å². The van der Waals surface area contributed by atoms with Crippen LogP contribution in [0.4, 0.5) is 0 Å². The highest BCUT2D eigenvalue weighted by atomic mass is 32.2. The van der Waals surface area contributed by atoms with Crippen LogP contribution in [0.1, 0.15) is 12.5 Å². The predicted molar refractivity (Wildman–Crippen MR) is 63.9 cm³/mol. The van der Waals surface area contributed by atoms with Crippen LogP contribution in [0.2, 0.25) is 0 Å². The van der Waals surface area contributed by atoms with Crippen LogP contribution < -0.4 is 0 Å². The third-order valence-corrected chi connectivity index (χ3v) is 2.72. The van der Waals surface area contributed by atoms with Gasteiger partial charge in [-0.05, 0) is 24.0 Å². The summed E-state index contributed by atoms with van der Waals surface area (Å²) in [7, 11) is 0. The average Bonchev–Trinajstić information content (AvgIpc) is 2.25. The number of hydrogen-bond donors (Lipinski definition) is 0. The number of nitro groups is 1. The lowest BCUT2D eigenvalue weighted by Gasteiger charge is -1.97. The Bertz CT molecular complexity index is 421. The molecule has 0 radical (unpaired) electrons. The summed E-state index contributed by atoms with van der Waals surface area (Å²) in [5.74, 6) is -0.543. The fraction of sp³-hybridized carbons (Fsp3) is 0.182. The number of carbonyl (C=O) groups is 1. The second kappa shape index (κ2) is 5.46. The molecule has 0 unspecified atom stereocenters.